The van der Waals surface area contributed by atoms with Crippen molar-refractivity contribution in [2.45, 2.75) is 45.9 Å². The smallest absolute Gasteiger partial charge is 0.325 e. The van der Waals surface area contributed by atoms with Crippen molar-refractivity contribution in [2.75, 3.05) is 0 Å². The first kappa shape index (κ1) is 16.8. The zero-order valence-corrected chi connectivity index (χ0v) is 12.7. The number of carbonyl (C=O) groups excluding carboxylic acids is 1. The Balaban J connectivity index is 2.47. The van der Waals surface area contributed by atoms with Crippen LogP contribution in [0.2, 0.25) is 0 Å². The van der Waals surface area contributed by atoms with Crippen molar-refractivity contribution in [2.24, 2.45) is 0 Å². The van der Waals surface area contributed by atoms with Gasteiger partial charge in [0.15, 0.2) is 6.23 Å². The highest BCUT2D eigenvalue weighted by Crippen LogP contribution is 2.19. The molecule has 6 heteroatoms. The maximum Gasteiger partial charge on any atom is 0.325 e. The molecular formula is C15H22N2O4. The second-order valence-electron chi connectivity index (χ2n) is 5.16. The fourth-order valence-electron chi connectivity index (χ4n) is 1.65. The Morgan fingerprint density at radius 3 is 2.10 bits per heavy atom. The van der Waals surface area contributed by atoms with E-state index in [0.717, 1.165) is 0 Å². The van der Waals surface area contributed by atoms with E-state index in [0.29, 0.717) is 11.7 Å². The predicted molar refractivity (Wildman–Crippen MR) is 79.4 cm³/mol. The molecule has 0 heterocycles. The lowest BCUT2D eigenvalue weighted by molar-refractivity contribution is -0.138. The number of urea groups is 1. The molecule has 1 aromatic carbocycles. The summed E-state index contributed by atoms with van der Waals surface area (Å²) in [5.74, 6) is -0.0145. The number of carboxylic acids is 1. The summed E-state index contributed by atoms with van der Waals surface area (Å²) in [4.78, 5) is 22.2. The van der Waals surface area contributed by atoms with Crippen LogP contribution < -0.4 is 15.4 Å². The van der Waals surface area contributed by atoms with Crippen LogP contribution in [0.4, 0.5) is 4.79 Å². The zero-order valence-electron chi connectivity index (χ0n) is 12.7. The molecule has 0 bridgehead atoms. The molecule has 0 saturated carbocycles. The third-order valence-electron chi connectivity index (χ3n) is 2.91. The molecule has 1 aromatic rings. The van der Waals surface area contributed by atoms with Gasteiger partial charge in [0.25, 0.3) is 0 Å². The Bertz CT molecular complexity index is 485. The number of nitrogens with one attached hydrogen (secondary N) is 2. The molecule has 0 aliphatic heterocycles. The molecule has 6 nitrogen and oxygen atoms in total. The molecule has 116 valence electrons. The summed E-state index contributed by atoms with van der Waals surface area (Å²) in [7, 11) is 0. The Morgan fingerprint density at radius 1 is 1.05 bits per heavy atom. The number of amides is 2. The maximum absolute atomic E-state index is 11.5. The van der Waals surface area contributed by atoms with Gasteiger partial charge < -0.3 is 20.5 Å². The molecule has 0 saturated heterocycles. The van der Waals surface area contributed by atoms with E-state index < -0.39 is 24.3 Å². The molecule has 0 radical (unpaired) electrons. The maximum atomic E-state index is 11.5. The number of hydrogen-bond acceptors (Lipinski definition) is 3. The van der Waals surface area contributed by atoms with Crippen LogP contribution in [0, 0.1) is 0 Å². The molecule has 2 atom stereocenters. The molecule has 2 amide bonds. The van der Waals surface area contributed by atoms with Gasteiger partial charge in [0, 0.05) is 0 Å². The monoisotopic (exact) mass is 294 g/mol. The normalized spacial score (nSPS) is 13.4. The van der Waals surface area contributed by atoms with Gasteiger partial charge in [0.1, 0.15) is 11.8 Å². The summed E-state index contributed by atoms with van der Waals surface area (Å²) in [5.41, 5.74) is 1.20. The molecule has 21 heavy (non-hydrogen) atoms. The Labute approximate surface area is 124 Å². The zero-order chi connectivity index (χ0) is 16.0. The average Bonchev–Trinajstić information content (AvgIpc) is 2.38. The Kier molecular flexibility index (Phi) is 6.02. The van der Waals surface area contributed by atoms with Gasteiger partial charge in [0.2, 0.25) is 0 Å². The van der Waals surface area contributed by atoms with Crippen LogP contribution >= 0.6 is 0 Å². The van der Waals surface area contributed by atoms with Crippen LogP contribution in [0.5, 0.6) is 5.75 Å². The minimum absolute atomic E-state index is 0.442. The largest absolute Gasteiger partial charge is 0.480 e. The van der Waals surface area contributed by atoms with Gasteiger partial charge in [-0.2, -0.15) is 0 Å². The Hall–Kier alpha value is -2.24. The second-order valence-corrected chi connectivity index (χ2v) is 5.16. The lowest BCUT2D eigenvalue weighted by atomic mass is 10.0. The fourth-order valence-corrected chi connectivity index (χ4v) is 1.65. The quantitative estimate of drug-likeness (QED) is 0.703. The second kappa shape index (κ2) is 7.52. The molecule has 0 aliphatic rings. The van der Waals surface area contributed by atoms with Gasteiger partial charge in [0.05, 0.1) is 0 Å². The number of hydrogen-bond donors (Lipinski definition) is 3. The molecule has 0 fully saturated rings. The number of ether oxygens (including phenoxy) is 1. The van der Waals surface area contributed by atoms with Gasteiger partial charge in [-0.3, -0.25) is 4.79 Å². The van der Waals surface area contributed by atoms with E-state index in [-0.39, 0.29) is 0 Å². The predicted octanol–water partition coefficient (Wildman–Crippen LogP) is 2.31. The topological polar surface area (TPSA) is 87.7 Å². The van der Waals surface area contributed by atoms with E-state index in [1.54, 1.807) is 6.92 Å². The molecule has 1 rings (SSSR count). The summed E-state index contributed by atoms with van der Waals surface area (Å²) in [6, 6.07) is 6.08. The molecule has 0 spiro atoms. The summed E-state index contributed by atoms with van der Waals surface area (Å²) in [5, 5.41) is 13.5. The number of carbonyl (C=O) groups is 2. The summed E-state index contributed by atoms with van der Waals surface area (Å²) < 4.78 is 5.54. The van der Waals surface area contributed by atoms with Crippen molar-refractivity contribution in [3.05, 3.63) is 29.8 Å². The number of rotatable bonds is 6. The highest BCUT2D eigenvalue weighted by molar-refractivity contribution is 5.82. The fraction of sp³-hybridized carbons (Fsp3) is 0.467. The van der Waals surface area contributed by atoms with Gasteiger partial charge in [-0.1, -0.05) is 26.0 Å². The van der Waals surface area contributed by atoms with Crippen LogP contribution in [0.15, 0.2) is 24.3 Å². The van der Waals surface area contributed by atoms with E-state index in [1.165, 1.54) is 12.5 Å². The standard InChI is InChI=1S/C15H22N2O4/c1-9(2)12-5-7-13(8-6-12)21-11(4)17-15(20)16-10(3)14(18)19/h5-11H,1-4H3,(H,18,19)(H2,16,17,20). The first-order valence-corrected chi connectivity index (χ1v) is 6.86. The van der Waals surface area contributed by atoms with Crippen molar-refractivity contribution in [3.8, 4) is 5.75 Å². The first-order chi connectivity index (χ1) is 9.79. The molecule has 0 aromatic heterocycles. The Morgan fingerprint density at radius 2 is 1.62 bits per heavy atom. The van der Waals surface area contributed by atoms with Crippen LogP contribution in [0.3, 0.4) is 0 Å². The van der Waals surface area contributed by atoms with Crippen molar-refractivity contribution in [1.82, 2.24) is 10.6 Å². The van der Waals surface area contributed by atoms with Crippen molar-refractivity contribution < 1.29 is 19.4 Å². The van der Waals surface area contributed by atoms with Crippen LogP contribution in [0.1, 0.15) is 39.2 Å². The SMILES string of the molecule is CC(NC(=O)NC(C)C(=O)O)Oc1ccc(C(C)C)cc1. The number of carboxylic acid groups (broad SMARTS) is 1. The summed E-state index contributed by atoms with van der Waals surface area (Å²) in [6.07, 6.45) is -0.573. The van der Waals surface area contributed by atoms with E-state index in [9.17, 15) is 9.59 Å². The van der Waals surface area contributed by atoms with Crippen molar-refractivity contribution in [1.29, 1.82) is 0 Å². The van der Waals surface area contributed by atoms with E-state index >= 15 is 0 Å². The van der Waals surface area contributed by atoms with E-state index in [1.807, 2.05) is 24.3 Å². The summed E-state index contributed by atoms with van der Waals surface area (Å²) >= 11 is 0. The van der Waals surface area contributed by atoms with E-state index in [4.69, 9.17) is 9.84 Å². The van der Waals surface area contributed by atoms with Gasteiger partial charge in [-0.25, -0.2) is 4.79 Å². The van der Waals surface area contributed by atoms with Crippen LogP contribution in [-0.4, -0.2) is 29.4 Å². The number of benzene rings is 1. The number of aliphatic carboxylic acids is 1. The minimum Gasteiger partial charge on any atom is -0.480 e. The first-order valence-electron chi connectivity index (χ1n) is 6.86. The third kappa shape index (κ3) is 5.72. The minimum atomic E-state index is -1.09. The molecule has 2 unspecified atom stereocenters. The molecular weight excluding hydrogens is 272 g/mol. The van der Waals surface area contributed by atoms with E-state index in [2.05, 4.69) is 24.5 Å². The van der Waals surface area contributed by atoms with Crippen LogP contribution in [-0.2, 0) is 4.79 Å². The summed E-state index contributed by atoms with van der Waals surface area (Å²) in [6.45, 7) is 7.27. The molecule has 0 aliphatic carbocycles. The van der Waals surface area contributed by atoms with Crippen molar-refractivity contribution in [3.63, 3.8) is 0 Å². The lowest BCUT2D eigenvalue weighted by Crippen LogP contribution is -2.48. The van der Waals surface area contributed by atoms with Gasteiger partial charge in [-0.05, 0) is 37.5 Å². The lowest BCUT2D eigenvalue weighted by Gasteiger charge is -2.18. The average molecular weight is 294 g/mol. The van der Waals surface area contributed by atoms with Gasteiger partial charge in [-0.15, -0.1) is 0 Å². The highest BCUT2D eigenvalue weighted by Gasteiger charge is 2.15. The highest BCUT2D eigenvalue weighted by atomic mass is 16.5. The molecule has 3 N–H and O–H groups in total. The van der Waals surface area contributed by atoms with Crippen LogP contribution in [0.25, 0.3) is 0 Å². The van der Waals surface area contributed by atoms with Gasteiger partial charge >= 0.3 is 12.0 Å². The third-order valence-corrected chi connectivity index (χ3v) is 2.91. The van der Waals surface area contributed by atoms with Crippen molar-refractivity contribution >= 4 is 12.0 Å².